The third-order valence-corrected chi connectivity index (χ3v) is 3.68. The molecular formula is C17H18N4OS. The zero-order valence-corrected chi connectivity index (χ0v) is 13.3. The first-order valence-corrected chi connectivity index (χ1v) is 7.82. The summed E-state index contributed by atoms with van der Waals surface area (Å²) in [7, 11) is 0. The second-order valence-corrected chi connectivity index (χ2v) is 5.72. The van der Waals surface area contributed by atoms with Crippen molar-refractivity contribution in [3.05, 3.63) is 65.2 Å². The van der Waals surface area contributed by atoms with E-state index in [4.69, 9.17) is 12.2 Å². The van der Waals surface area contributed by atoms with Gasteiger partial charge in [-0.05, 0) is 35.5 Å². The molecular weight excluding hydrogens is 308 g/mol. The summed E-state index contributed by atoms with van der Waals surface area (Å²) in [5, 5.41) is 20.0. The van der Waals surface area contributed by atoms with E-state index in [1.54, 1.807) is 0 Å². The average molecular weight is 326 g/mol. The SMILES string of the molecule is OC(CNc1cccc(-c2ccccc2)c1)Cc1n[nH]c(=S)[nH]1. The van der Waals surface area contributed by atoms with Gasteiger partial charge in [-0.1, -0.05) is 42.5 Å². The molecule has 0 spiro atoms. The molecule has 3 rings (SSSR count). The van der Waals surface area contributed by atoms with Gasteiger partial charge < -0.3 is 15.4 Å². The minimum absolute atomic E-state index is 0.415. The number of nitrogens with one attached hydrogen (secondary N) is 3. The first kappa shape index (κ1) is 15.5. The van der Waals surface area contributed by atoms with Crippen molar-refractivity contribution in [1.82, 2.24) is 15.2 Å². The Hall–Kier alpha value is -2.44. The molecule has 6 heteroatoms. The summed E-state index contributed by atoms with van der Waals surface area (Å²) in [6.07, 6.45) is -0.136. The maximum atomic E-state index is 10.1. The topological polar surface area (TPSA) is 76.7 Å². The highest BCUT2D eigenvalue weighted by molar-refractivity contribution is 7.71. The number of rotatable bonds is 6. The van der Waals surface area contributed by atoms with Gasteiger partial charge in [0.05, 0.1) is 6.10 Å². The minimum Gasteiger partial charge on any atom is -0.391 e. The summed E-state index contributed by atoms with van der Waals surface area (Å²) in [6, 6.07) is 18.3. The average Bonchev–Trinajstić information content (AvgIpc) is 2.99. The first-order valence-electron chi connectivity index (χ1n) is 7.42. The number of anilines is 1. The number of aliphatic hydroxyl groups excluding tert-OH is 1. The normalized spacial score (nSPS) is 12.0. The van der Waals surface area contributed by atoms with Crippen LogP contribution in [0.4, 0.5) is 5.69 Å². The number of aromatic amines is 2. The van der Waals surface area contributed by atoms with Gasteiger partial charge in [0.2, 0.25) is 0 Å². The van der Waals surface area contributed by atoms with Crippen LogP contribution >= 0.6 is 12.2 Å². The van der Waals surface area contributed by atoms with E-state index >= 15 is 0 Å². The van der Waals surface area contributed by atoms with Gasteiger partial charge >= 0.3 is 0 Å². The molecule has 0 saturated heterocycles. The molecule has 0 saturated carbocycles. The number of hydrogen-bond acceptors (Lipinski definition) is 4. The number of aromatic nitrogens is 3. The molecule has 1 atom stereocenters. The third kappa shape index (κ3) is 4.28. The lowest BCUT2D eigenvalue weighted by atomic mass is 10.1. The number of H-pyrrole nitrogens is 2. The highest BCUT2D eigenvalue weighted by Gasteiger charge is 2.08. The minimum atomic E-state index is -0.552. The van der Waals surface area contributed by atoms with Crippen molar-refractivity contribution < 1.29 is 5.11 Å². The molecule has 4 N–H and O–H groups in total. The maximum Gasteiger partial charge on any atom is 0.192 e. The van der Waals surface area contributed by atoms with Crippen LogP contribution in [0.1, 0.15) is 5.82 Å². The molecule has 0 amide bonds. The Labute approximate surface area is 139 Å². The lowest BCUT2D eigenvalue weighted by Crippen LogP contribution is -2.22. The van der Waals surface area contributed by atoms with Gasteiger partial charge in [0.25, 0.3) is 0 Å². The molecule has 1 heterocycles. The second kappa shape index (κ2) is 7.21. The molecule has 23 heavy (non-hydrogen) atoms. The van der Waals surface area contributed by atoms with Gasteiger partial charge in [-0.15, -0.1) is 0 Å². The Morgan fingerprint density at radius 3 is 2.61 bits per heavy atom. The lowest BCUT2D eigenvalue weighted by molar-refractivity contribution is 0.185. The standard InChI is InChI=1S/C17H18N4OS/c22-15(10-16-19-17(23)21-20-16)11-18-14-8-4-7-13(9-14)12-5-2-1-3-6-12/h1-9,15,18,22H,10-11H2,(H2,19,20,21,23). The summed E-state index contributed by atoms with van der Waals surface area (Å²) < 4.78 is 0.468. The van der Waals surface area contributed by atoms with E-state index in [0.717, 1.165) is 11.3 Å². The summed E-state index contributed by atoms with van der Waals surface area (Å²) >= 11 is 4.92. The summed E-state index contributed by atoms with van der Waals surface area (Å²) in [6.45, 7) is 0.436. The quantitative estimate of drug-likeness (QED) is 0.525. The van der Waals surface area contributed by atoms with Crippen LogP contribution < -0.4 is 5.32 Å². The Morgan fingerprint density at radius 1 is 1.09 bits per heavy atom. The number of nitrogens with zero attached hydrogens (tertiary/aromatic N) is 1. The van der Waals surface area contributed by atoms with E-state index in [-0.39, 0.29) is 0 Å². The van der Waals surface area contributed by atoms with E-state index in [0.29, 0.717) is 23.6 Å². The molecule has 0 fully saturated rings. The van der Waals surface area contributed by atoms with E-state index in [9.17, 15) is 5.11 Å². The van der Waals surface area contributed by atoms with E-state index in [1.807, 2.05) is 30.3 Å². The van der Waals surface area contributed by atoms with Crippen molar-refractivity contribution in [3.63, 3.8) is 0 Å². The van der Waals surface area contributed by atoms with Gasteiger partial charge in [0.1, 0.15) is 5.82 Å². The van der Waals surface area contributed by atoms with E-state index < -0.39 is 6.10 Å². The fraction of sp³-hybridized carbons (Fsp3) is 0.176. The van der Waals surface area contributed by atoms with Gasteiger partial charge in [-0.2, -0.15) is 5.10 Å². The fourth-order valence-corrected chi connectivity index (χ4v) is 2.54. The molecule has 3 aromatic rings. The van der Waals surface area contributed by atoms with Gasteiger partial charge in [0, 0.05) is 18.7 Å². The predicted molar refractivity (Wildman–Crippen MR) is 93.9 cm³/mol. The highest BCUT2D eigenvalue weighted by Crippen LogP contribution is 2.22. The first-order chi connectivity index (χ1) is 11.2. The molecule has 0 radical (unpaired) electrons. The zero-order valence-electron chi connectivity index (χ0n) is 12.5. The van der Waals surface area contributed by atoms with Crippen molar-refractivity contribution in [1.29, 1.82) is 0 Å². The van der Waals surface area contributed by atoms with E-state index in [1.165, 1.54) is 5.56 Å². The largest absolute Gasteiger partial charge is 0.391 e. The van der Waals surface area contributed by atoms with Crippen LogP contribution in [0.25, 0.3) is 11.1 Å². The van der Waals surface area contributed by atoms with E-state index in [2.05, 4.69) is 44.8 Å². The Kier molecular flexibility index (Phi) is 4.85. The van der Waals surface area contributed by atoms with Gasteiger partial charge in [0.15, 0.2) is 4.77 Å². The second-order valence-electron chi connectivity index (χ2n) is 5.31. The smallest absolute Gasteiger partial charge is 0.192 e. The number of benzene rings is 2. The van der Waals surface area contributed by atoms with Crippen LogP contribution in [0.2, 0.25) is 0 Å². The Balaban J connectivity index is 1.61. The predicted octanol–water partition coefficient (Wildman–Crippen LogP) is 3.15. The monoisotopic (exact) mass is 326 g/mol. The molecule has 0 aliphatic carbocycles. The lowest BCUT2D eigenvalue weighted by Gasteiger charge is -2.12. The Bertz CT molecular complexity index is 812. The molecule has 0 aliphatic heterocycles. The van der Waals surface area contributed by atoms with Crippen molar-refractivity contribution in [2.75, 3.05) is 11.9 Å². The molecule has 0 bridgehead atoms. The van der Waals surface area contributed by atoms with Crippen LogP contribution in [0.15, 0.2) is 54.6 Å². The third-order valence-electron chi connectivity index (χ3n) is 3.49. The maximum absolute atomic E-state index is 10.1. The van der Waals surface area contributed by atoms with Crippen LogP contribution in [0.5, 0.6) is 0 Å². The number of aliphatic hydroxyl groups is 1. The molecule has 0 aliphatic rings. The van der Waals surface area contributed by atoms with Crippen molar-refractivity contribution in [3.8, 4) is 11.1 Å². The van der Waals surface area contributed by atoms with Crippen LogP contribution in [-0.4, -0.2) is 32.9 Å². The molecule has 1 unspecified atom stereocenters. The highest BCUT2D eigenvalue weighted by atomic mass is 32.1. The van der Waals surface area contributed by atoms with Crippen LogP contribution in [-0.2, 0) is 6.42 Å². The van der Waals surface area contributed by atoms with Crippen LogP contribution in [0.3, 0.4) is 0 Å². The summed E-state index contributed by atoms with van der Waals surface area (Å²) in [5.41, 5.74) is 3.28. The zero-order chi connectivity index (χ0) is 16.1. The van der Waals surface area contributed by atoms with Gasteiger partial charge in [-0.25, -0.2) is 0 Å². The molecule has 5 nitrogen and oxygen atoms in total. The van der Waals surface area contributed by atoms with Crippen molar-refractivity contribution >= 4 is 17.9 Å². The van der Waals surface area contributed by atoms with Crippen molar-refractivity contribution in [2.24, 2.45) is 0 Å². The molecule has 118 valence electrons. The summed E-state index contributed by atoms with van der Waals surface area (Å²) in [4.78, 5) is 2.90. The number of hydrogen-bond donors (Lipinski definition) is 4. The van der Waals surface area contributed by atoms with Crippen molar-refractivity contribution in [2.45, 2.75) is 12.5 Å². The Morgan fingerprint density at radius 2 is 1.87 bits per heavy atom. The molecule has 1 aromatic heterocycles. The fourth-order valence-electron chi connectivity index (χ4n) is 2.37. The van der Waals surface area contributed by atoms with Crippen LogP contribution in [0, 0.1) is 4.77 Å². The molecule has 2 aromatic carbocycles. The van der Waals surface area contributed by atoms with Gasteiger partial charge in [-0.3, -0.25) is 5.10 Å². The summed E-state index contributed by atoms with van der Waals surface area (Å²) in [5.74, 6) is 0.655.